The predicted molar refractivity (Wildman–Crippen MR) is 244 cm³/mol. The van der Waals surface area contributed by atoms with Crippen LogP contribution in [0.4, 0.5) is 0 Å². The Kier molecular flexibility index (Phi) is 34.9. The minimum Gasteiger partial charge on any atom is -0.744 e. The van der Waals surface area contributed by atoms with E-state index in [1.54, 1.807) is 67.5 Å². The second-order valence-corrected chi connectivity index (χ2v) is 25.7. The molecule has 0 unspecified atom stereocenters. The van der Waals surface area contributed by atoms with E-state index in [9.17, 15) is 22.9 Å². The third-order valence-corrected chi connectivity index (χ3v) is 21.3. The lowest BCUT2D eigenvalue weighted by Crippen LogP contribution is -2.22. The first kappa shape index (κ1) is 55.6. The Morgan fingerprint density at radius 1 is 0.527 bits per heavy atom. The molecule has 0 aromatic heterocycles. The highest BCUT2D eigenvalue weighted by Gasteiger charge is 2.35. The number of carbonyl (C=O) groups excluding carboxylic acids is 1. The monoisotopic (exact) mass is 827 g/mol. The van der Waals surface area contributed by atoms with Crippen LogP contribution in [0.25, 0.3) is 0 Å². The number of para-hydroxylation sites is 1. The van der Waals surface area contributed by atoms with Gasteiger partial charge in [-0.2, -0.15) is 0 Å². The highest BCUT2D eigenvalue weighted by molar-refractivity contribution is 7.85. The molecule has 0 saturated carbocycles. The number of rotatable bonds is 26. The quantitative estimate of drug-likeness (QED) is 0.0745. The Balaban J connectivity index is 0. The number of aromatic carboxylic acids is 1. The highest BCUT2D eigenvalue weighted by Crippen LogP contribution is 2.62. The molecule has 55 heavy (non-hydrogen) atoms. The Morgan fingerprint density at radius 3 is 1.00 bits per heavy atom. The largest absolute Gasteiger partial charge is 0.744 e. The summed E-state index contributed by atoms with van der Waals surface area (Å²) in [5.41, 5.74) is 0.750. The van der Waals surface area contributed by atoms with Crippen molar-refractivity contribution in [3.8, 4) is 5.75 Å². The zero-order valence-corrected chi connectivity index (χ0v) is 39.5. The van der Waals surface area contributed by atoms with Crippen molar-refractivity contribution in [1.82, 2.24) is 0 Å². The molecule has 0 atom stereocenters. The van der Waals surface area contributed by atoms with Crippen molar-refractivity contribution in [1.29, 1.82) is 0 Å². The summed E-state index contributed by atoms with van der Waals surface area (Å²) in [7, 11) is -5.39. The van der Waals surface area contributed by atoms with E-state index in [-0.39, 0.29) is 16.2 Å². The molecule has 0 radical (unpaired) electrons. The number of carbonyl (C=O) groups is 1. The van der Waals surface area contributed by atoms with Crippen molar-refractivity contribution < 1.29 is 28.0 Å². The molecule has 0 fully saturated rings. The topological polar surface area (TPSA) is 118 Å². The first-order valence-electron chi connectivity index (χ1n) is 21.9. The van der Waals surface area contributed by atoms with Gasteiger partial charge in [0, 0.05) is 20.1 Å². The lowest BCUT2D eigenvalue weighted by molar-refractivity contribution is -0.255. The van der Waals surface area contributed by atoms with Crippen LogP contribution in [0, 0.1) is 6.92 Å². The van der Waals surface area contributed by atoms with Crippen LogP contribution in [0.15, 0.2) is 53.4 Å². The smallest absolute Gasteiger partial charge is 0.124 e. The van der Waals surface area contributed by atoms with E-state index < -0.39 is 30.6 Å². The Labute approximate surface area is 341 Å². The number of unbranched alkanes of at least 4 members (excludes halogenated alkanes) is 8. The van der Waals surface area contributed by atoms with Gasteiger partial charge in [-0.05, 0) is 82.6 Å². The molecule has 0 aliphatic carbocycles. The van der Waals surface area contributed by atoms with Gasteiger partial charge in [-0.1, -0.05) is 137 Å². The van der Waals surface area contributed by atoms with Gasteiger partial charge in [-0.3, -0.25) is 0 Å². The lowest BCUT2D eigenvalue weighted by Gasteiger charge is -2.28. The maximum atomic E-state index is 10.4. The van der Waals surface area contributed by atoms with Crippen LogP contribution in [-0.4, -0.2) is 73.3 Å². The second-order valence-electron chi connectivity index (χ2n) is 15.4. The molecule has 1 N–H and O–H groups in total. The van der Waals surface area contributed by atoms with E-state index in [0.29, 0.717) is 0 Å². The predicted octanol–water partition coefficient (Wildman–Crippen LogP) is 13.1. The molecule has 0 aliphatic heterocycles. The first-order chi connectivity index (χ1) is 26.2. The fraction of sp³-hybridized carbons (Fsp3) is 0.717. The van der Waals surface area contributed by atoms with Crippen LogP contribution in [0.1, 0.15) is 174 Å². The second kappa shape index (κ2) is 34.5. The van der Waals surface area contributed by atoms with Crippen molar-refractivity contribution in [3.05, 3.63) is 59.7 Å². The van der Waals surface area contributed by atoms with Crippen LogP contribution >= 0.6 is 14.5 Å². The molecule has 0 spiro atoms. The number of aryl methyl sites for hydroxylation is 1. The summed E-state index contributed by atoms with van der Waals surface area (Å²) in [6, 6.07) is 11.4. The van der Waals surface area contributed by atoms with Crippen LogP contribution in [0.2, 0.25) is 0 Å². The van der Waals surface area contributed by atoms with Gasteiger partial charge in [0.2, 0.25) is 0 Å². The Hall–Kier alpha value is -1.52. The number of hydrogen-bond donors (Lipinski definition) is 1. The van der Waals surface area contributed by atoms with Crippen molar-refractivity contribution in [2.24, 2.45) is 0 Å². The van der Waals surface area contributed by atoms with Crippen LogP contribution in [0.5, 0.6) is 5.75 Å². The zero-order valence-electron chi connectivity index (χ0n) is 36.9. The third kappa shape index (κ3) is 27.7. The fourth-order valence-electron chi connectivity index (χ4n) is 6.64. The van der Waals surface area contributed by atoms with E-state index >= 15 is 0 Å². The van der Waals surface area contributed by atoms with E-state index in [2.05, 4.69) is 55.4 Å². The number of aromatic hydroxyl groups is 1. The lowest BCUT2D eigenvalue weighted by atomic mass is 10.2. The van der Waals surface area contributed by atoms with E-state index in [4.69, 9.17) is 5.11 Å². The van der Waals surface area contributed by atoms with Gasteiger partial charge in [0.15, 0.2) is 0 Å². The third-order valence-electron chi connectivity index (χ3n) is 10.3. The van der Waals surface area contributed by atoms with Crippen LogP contribution in [0.3, 0.4) is 0 Å². The van der Waals surface area contributed by atoms with E-state index in [1.807, 2.05) is 6.92 Å². The molecular weight excluding hydrogens is 743 g/mol. The average Bonchev–Trinajstić information content (AvgIpc) is 3.17. The molecule has 6 nitrogen and oxygen atoms in total. The molecule has 2 aromatic carbocycles. The molecular formula is C46H84O6P2S. The maximum Gasteiger partial charge on any atom is 0.124 e. The molecule has 0 bridgehead atoms. The van der Waals surface area contributed by atoms with Gasteiger partial charge in [0.1, 0.15) is 15.9 Å². The number of hydrogen-bond acceptors (Lipinski definition) is 6. The zero-order chi connectivity index (χ0) is 42.0. The van der Waals surface area contributed by atoms with Gasteiger partial charge in [0.25, 0.3) is 0 Å². The minimum absolute atomic E-state index is 0.178. The summed E-state index contributed by atoms with van der Waals surface area (Å²) in [5.74, 6) is -1.62. The Morgan fingerprint density at radius 2 is 0.800 bits per heavy atom. The SMILES string of the molecule is CCCC[P+](CCCC)(CCCC)CCCC.CCCC[P+](CCCC)(CCCC)CCCC.Cc1ccc(S(=O)(=O)[O-])cc1.O=C([O-])c1ccccc1O. The summed E-state index contributed by atoms with van der Waals surface area (Å²) in [5, 5.41) is 19.0. The standard InChI is InChI=1S/2C16H36P.C7H8O3S.C7H6O3/c2*1-5-9-13-17(14-10-6-2,15-11-7-3)16-12-8-4;1-6-2-4-7(5-3-6)11(8,9)10;8-6-4-2-1-3-5(6)7(9)10/h2*5-16H2,1-4H3;2-5H,1H3,(H,8,9,10);1-4,8H,(H,9,10)/q2*+1;;/p-2. The van der Waals surface area contributed by atoms with Crippen molar-refractivity contribution in [2.45, 2.75) is 170 Å². The number of phenols is 1. The van der Waals surface area contributed by atoms with Crippen LogP contribution in [-0.2, 0) is 10.1 Å². The van der Waals surface area contributed by atoms with Crippen molar-refractivity contribution in [2.75, 3.05) is 49.3 Å². The minimum atomic E-state index is -4.27. The number of carboxylic acid groups (broad SMARTS) is 1. The number of benzene rings is 2. The highest BCUT2D eigenvalue weighted by atomic mass is 32.2. The van der Waals surface area contributed by atoms with Gasteiger partial charge in [-0.25, -0.2) is 8.42 Å². The fourth-order valence-corrected chi connectivity index (χ4v) is 17.7. The molecule has 320 valence electrons. The average molecular weight is 827 g/mol. The van der Waals surface area contributed by atoms with Gasteiger partial charge in [0.05, 0.1) is 60.2 Å². The summed E-state index contributed by atoms with van der Waals surface area (Å²) in [4.78, 5) is 9.97. The maximum absolute atomic E-state index is 10.4. The Bertz CT molecular complexity index is 1190. The molecule has 0 saturated heterocycles. The molecule has 0 heterocycles. The van der Waals surface area contributed by atoms with Crippen LogP contribution < -0.4 is 5.11 Å². The van der Waals surface area contributed by atoms with E-state index in [1.165, 1.54) is 133 Å². The molecule has 0 aliphatic rings. The molecule has 2 rings (SSSR count). The van der Waals surface area contributed by atoms with Crippen molar-refractivity contribution in [3.63, 3.8) is 0 Å². The van der Waals surface area contributed by atoms with Gasteiger partial charge >= 0.3 is 0 Å². The summed E-state index contributed by atoms with van der Waals surface area (Å²) >= 11 is 0. The first-order valence-corrected chi connectivity index (χ1v) is 28.4. The van der Waals surface area contributed by atoms with Gasteiger partial charge < -0.3 is 19.6 Å². The van der Waals surface area contributed by atoms with E-state index in [0.717, 1.165) is 5.56 Å². The van der Waals surface area contributed by atoms with Gasteiger partial charge in [-0.15, -0.1) is 0 Å². The summed E-state index contributed by atoms with van der Waals surface area (Å²) in [6.07, 6.45) is 35.9. The normalized spacial score (nSPS) is 11.4. The summed E-state index contributed by atoms with van der Waals surface area (Å²) in [6.45, 7) is 20.7. The molecule has 0 amide bonds. The van der Waals surface area contributed by atoms with Crippen molar-refractivity contribution >= 4 is 30.6 Å². The number of carboxylic acids is 1. The molecule has 2 aromatic rings. The molecule has 9 heteroatoms. The summed E-state index contributed by atoms with van der Waals surface area (Å²) < 4.78 is 31.2.